The molecule has 0 saturated carbocycles. The normalized spacial score (nSPS) is 13.9. The van der Waals surface area contributed by atoms with Gasteiger partial charge in [0.2, 0.25) is 0 Å². The van der Waals surface area contributed by atoms with E-state index in [-0.39, 0.29) is 12.2 Å². The Morgan fingerprint density at radius 3 is 2.50 bits per heavy atom. The quantitative estimate of drug-likeness (QED) is 0.873. The van der Waals surface area contributed by atoms with Gasteiger partial charge < -0.3 is 5.11 Å². The summed E-state index contributed by atoms with van der Waals surface area (Å²) in [5, 5.41) is 9.29. The number of nitrogens with zero attached hydrogens (tertiary/aromatic N) is 2. The highest BCUT2D eigenvalue weighted by Crippen LogP contribution is 2.21. The third-order valence-corrected chi connectivity index (χ3v) is 2.15. The van der Waals surface area contributed by atoms with Crippen molar-refractivity contribution in [2.75, 3.05) is 0 Å². The summed E-state index contributed by atoms with van der Waals surface area (Å²) in [7, 11) is 0. The van der Waals surface area contributed by atoms with E-state index >= 15 is 0 Å². The lowest BCUT2D eigenvalue weighted by Gasteiger charge is -2.09. The molecule has 0 fully saturated rings. The first kappa shape index (κ1) is 12.9. The summed E-state index contributed by atoms with van der Waals surface area (Å²) < 4.78 is 35.9. The monoisotopic (exact) mass is 234 g/mol. The summed E-state index contributed by atoms with van der Waals surface area (Å²) in [5.41, 5.74) is 1.05. The van der Waals surface area contributed by atoms with Gasteiger partial charge in [0.05, 0.1) is 12.5 Å². The molecule has 0 aromatic carbocycles. The van der Waals surface area contributed by atoms with E-state index in [0.717, 1.165) is 0 Å². The zero-order chi connectivity index (χ0) is 12.3. The second-order valence-electron chi connectivity index (χ2n) is 3.62. The maximum atomic E-state index is 12.0. The average molecular weight is 234 g/mol. The van der Waals surface area contributed by atoms with Crippen LogP contribution in [0.3, 0.4) is 0 Å². The van der Waals surface area contributed by atoms with Crippen LogP contribution < -0.4 is 0 Å². The third kappa shape index (κ3) is 3.77. The number of halogens is 3. The van der Waals surface area contributed by atoms with Crippen LogP contribution in [0.5, 0.6) is 0 Å². The molecule has 1 rings (SSSR count). The first-order valence-electron chi connectivity index (χ1n) is 4.87. The molecule has 0 unspecified atom stereocenters. The van der Waals surface area contributed by atoms with Crippen molar-refractivity contribution < 1.29 is 18.3 Å². The molecule has 16 heavy (non-hydrogen) atoms. The predicted molar refractivity (Wildman–Crippen MR) is 51.8 cm³/mol. The summed E-state index contributed by atoms with van der Waals surface area (Å²) in [6.45, 7) is 3.20. The zero-order valence-corrected chi connectivity index (χ0v) is 9.04. The highest BCUT2D eigenvalue weighted by Gasteiger charge is 2.27. The smallest absolute Gasteiger partial charge is 0.389 e. The van der Waals surface area contributed by atoms with Crippen LogP contribution in [0.1, 0.15) is 36.5 Å². The van der Waals surface area contributed by atoms with Gasteiger partial charge >= 0.3 is 6.18 Å². The van der Waals surface area contributed by atoms with Crippen LogP contribution in [0, 0.1) is 6.92 Å². The molecule has 0 aliphatic rings. The van der Waals surface area contributed by atoms with E-state index in [9.17, 15) is 18.3 Å². The largest absolute Gasteiger partial charge is 0.389 e. The molecule has 1 aromatic rings. The highest BCUT2D eigenvalue weighted by molar-refractivity contribution is 5.18. The number of aryl methyl sites for hydroxylation is 2. The SMILES string of the molecule is Cc1nc(CCC(F)(F)F)ncc1[C@H](C)O. The van der Waals surface area contributed by atoms with Crippen LogP contribution in [0.15, 0.2) is 6.20 Å². The van der Waals surface area contributed by atoms with Gasteiger partial charge in [-0.1, -0.05) is 0 Å². The van der Waals surface area contributed by atoms with Gasteiger partial charge in [0, 0.05) is 23.9 Å². The summed E-state index contributed by atoms with van der Waals surface area (Å²) in [5.74, 6) is 0.152. The van der Waals surface area contributed by atoms with Crippen molar-refractivity contribution in [3.05, 3.63) is 23.3 Å². The Morgan fingerprint density at radius 2 is 2.06 bits per heavy atom. The second-order valence-corrected chi connectivity index (χ2v) is 3.62. The lowest BCUT2D eigenvalue weighted by molar-refractivity contribution is -0.134. The molecule has 0 aliphatic heterocycles. The van der Waals surface area contributed by atoms with Crippen molar-refractivity contribution in [2.45, 2.75) is 39.0 Å². The molecule has 1 atom stereocenters. The standard InChI is InChI=1S/C10H13F3N2O/c1-6-8(7(2)16)5-14-9(15-6)3-4-10(11,12)13/h5,7,16H,3-4H2,1-2H3/t7-/m0/s1. The van der Waals surface area contributed by atoms with Crippen molar-refractivity contribution in [1.29, 1.82) is 0 Å². The molecule has 3 nitrogen and oxygen atoms in total. The average Bonchev–Trinajstić information content (AvgIpc) is 2.13. The minimum atomic E-state index is -4.19. The maximum Gasteiger partial charge on any atom is 0.389 e. The third-order valence-electron chi connectivity index (χ3n) is 2.15. The lowest BCUT2D eigenvalue weighted by Crippen LogP contribution is -2.11. The van der Waals surface area contributed by atoms with Gasteiger partial charge in [0.15, 0.2) is 0 Å². The minimum absolute atomic E-state index is 0.152. The molecule has 0 bridgehead atoms. The first-order valence-corrected chi connectivity index (χ1v) is 4.87. The number of aromatic nitrogens is 2. The molecule has 0 spiro atoms. The number of hydrogen-bond donors (Lipinski definition) is 1. The molecule has 0 amide bonds. The predicted octanol–water partition coefficient (Wildman–Crippen LogP) is 2.33. The Bertz CT molecular complexity index is 364. The molecule has 0 radical (unpaired) electrons. The van der Waals surface area contributed by atoms with Gasteiger partial charge in [-0.05, 0) is 13.8 Å². The van der Waals surface area contributed by atoms with Crippen molar-refractivity contribution in [3.63, 3.8) is 0 Å². The molecule has 1 aromatic heterocycles. The molecule has 90 valence electrons. The van der Waals surface area contributed by atoms with Gasteiger partial charge in [0.25, 0.3) is 0 Å². The zero-order valence-electron chi connectivity index (χ0n) is 9.04. The maximum absolute atomic E-state index is 12.0. The van der Waals surface area contributed by atoms with Crippen LogP contribution in [0.25, 0.3) is 0 Å². The Balaban J connectivity index is 2.74. The summed E-state index contributed by atoms with van der Waals surface area (Å²) in [6.07, 6.45) is -4.69. The number of aliphatic hydroxyl groups excluding tert-OH is 1. The van der Waals surface area contributed by atoms with E-state index < -0.39 is 18.7 Å². The first-order chi connectivity index (χ1) is 7.29. The van der Waals surface area contributed by atoms with Crippen molar-refractivity contribution in [1.82, 2.24) is 9.97 Å². The topological polar surface area (TPSA) is 46.0 Å². The van der Waals surface area contributed by atoms with E-state index in [0.29, 0.717) is 11.3 Å². The Kier molecular flexibility index (Phi) is 3.85. The molecular weight excluding hydrogens is 221 g/mol. The Labute approximate surface area is 91.4 Å². The van der Waals surface area contributed by atoms with Crippen LogP contribution in [0.2, 0.25) is 0 Å². The summed E-state index contributed by atoms with van der Waals surface area (Å²) >= 11 is 0. The van der Waals surface area contributed by atoms with Crippen LogP contribution in [0.4, 0.5) is 13.2 Å². The van der Waals surface area contributed by atoms with Gasteiger partial charge in [-0.15, -0.1) is 0 Å². The van der Waals surface area contributed by atoms with E-state index in [1.807, 2.05) is 0 Å². The number of aliphatic hydroxyl groups is 1. The van der Waals surface area contributed by atoms with Crippen molar-refractivity contribution in [3.8, 4) is 0 Å². The number of alkyl halides is 3. The van der Waals surface area contributed by atoms with E-state index in [1.165, 1.54) is 6.20 Å². The number of rotatable bonds is 3. The molecule has 0 aliphatic carbocycles. The lowest BCUT2D eigenvalue weighted by atomic mass is 10.1. The fourth-order valence-electron chi connectivity index (χ4n) is 1.31. The van der Waals surface area contributed by atoms with Crippen molar-refractivity contribution >= 4 is 0 Å². The van der Waals surface area contributed by atoms with Crippen LogP contribution in [-0.4, -0.2) is 21.3 Å². The minimum Gasteiger partial charge on any atom is -0.389 e. The Morgan fingerprint density at radius 1 is 1.44 bits per heavy atom. The fourth-order valence-corrected chi connectivity index (χ4v) is 1.31. The van der Waals surface area contributed by atoms with Gasteiger partial charge in [-0.25, -0.2) is 9.97 Å². The second kappa shape index (κ2) is 4.78. The summed E-state index contributed by atoms with van der Waals surface area (Å²) in [6, 6.07) is 0. The van der Waals surface area contributed by atoms with Crippen LogP contribution >= 0.6 is 0 Å². The van der Waals surface area contributed by atoms with E-state index in [1.54, 1.807) is 13.8 Å². The molecule has 0 saturated heterocycles. The summed E-state index contributed by atoms with van der Waals surface area (Å²) in [4.78, 5) is 7.72. The Hall–Kier alpha value is -1.17. The van der Waals surface area contributed by atoms with Crippen LogP contribution in [-0.2, 0) is 6.42 Å². The van der Waals surface area contributed by atoms with Gasteiger partial charge in [-0.2, -0.15) is 13.2 Å². The highest BCUT2D eigenvalue weighted by atomic mass is 19.4. The molecule has 6 heteroatoms. The van der Waals surface area contributed by atoms with E-state index in [4.69, 9.17) is 0 Å². The van der Waals surface area contributed by atoms with Crippen molar-refractivity contribution in [2.24, 2.45) is 0 Å². The molecule has 1 heterocycles. The van der Waals surface area contributed by atoms with Gasteiger partial charge in [-0.3, -0.25) is 0 Å². The number of hydrogen-bond acceptors (Lipinski definition) is 3. The fraction of sp³-hybridized carbons (Fsp3) is 0.600. The van der Waals surface area contributed by atoms with Gasteiger partial charge in [0.1, 0.15) is 5.82 Å². The molecule has 1 N–H and O–H groups in total. The van der Waals surface area contributed by atoms with E-state index in [2.05, 4.69) is 9.97 Å². The molecular formula is C10H13F3N2O.